The number of rotatable bonds is 2. The maximum Gasteiger partial charge on any atom is 0.120 e. The van der Waals surface area contributed by atoms with E-state index >= 15 is 0 Å². The molecule has 2 aliphatic heterocycles. The van der Waals surface area contributed by atoms with Crippen molar-refractivity contribution in [1.82, 2.24) is 5.32 Å². The predicted molar refractivity (Wildman–Crippen MR) is 72.4 cm³/mol. The molecule has 92 valence electrons. The Labute approximate surface area is 111 Å². The van der Waals surface area contributed by atoms with Crippen LogP contribution in [0.4, 0.5) is 0 Å². The Bertz CT molecular complexity index is 384. The van der Waals surface area contributed by atoms with Crippen LogP contribution >= 0.6 is 15.9 Å². The lowest BCUT2D eigenvalue weighted by Crippen LogP contribution is -2.51. The second-order valence-electron chi connectivity index (χ2n) is 5.16. The molecule has 1 aromatic carbocycles. The molecular formula is C14H18BrNO. The SMILES string of the molecule is Brc1cccc(OC2C[C@H]3CCC[C@@H](C2)N3)c1. The van der Waals surface area contributed by atoms with Crippen LogP contribution in [0.25, 0.3) is 0 Å². The third kappa shape index (κ3) is 2.83. The van der Waals surface area contributed by atoms with Crippen LogP contribution in [0.15, 0.2) is 28.7 Å². The summed E-state index contributed by atoms with van der Waals surface area (Å²) in [5.74, 6) is 0.990. The van der Waals surface area contributed by atoms with Crippen molar-refractivity contribution in [2.75, 3.05) is 0 Å². The zero-order chi connectivity index (χ0) is 11.7. The fourth-order valence-corrected chi connectivity index (χ4v) is 3.42. The first kappa shape index (κ1) is 11.5. The van der Waals surface area contributed by atoms with Crippen LogP contribution in [0.2, 0.25) is 0 Å². The topological polar surface area (TPSA) is 21.3 Å². The van der Waals surface area contributed by atoms with E-state index < -0.39 is 0 Å². The van der Waals surface area contributed by atoms with Crippen molar-refractivity contribution < 1.29 is 4.74 Å². The van der Waals surface area contributed by atoms with Crippen molar-refractivity contribution in [3.63, 3.8) is 0 Å². The average molecular weight is 296 g/mol. The lowest BCUT2D eigenvalue weighted by Gasteiger charge is -2.40. The van der Waals surface area contributed by atoms with Gasteiger partial charge in [0.25, 0.3) is 0 Å². The molecule has 2 nitrogen and oxygen atoms in total. The van der Waals surface area contributed by atoms with Crippen molar-refractivity contribution in [3.8, 4) is 5.75 Å². The second-order valence-corrected chi connectivity index (χ2v) is 6.08. The number of fused-ring (bicyclic) bond motifs is 2. The molecule has 2 fully saturated rings. The van der Waals surface area contributed by atoms with Gasteiger partial charge in [-0.2, -0.15) is 0 Å². The Balaban J connectivity index is 1.65. The molecule has 0 aromatic heterocycles. The van der Waals surface area contributed by atoms with Gasteiger partial charge in [0.15, 0.2) is 0 Å². The summed E-state index contributed by atoms with van der Waals surface area (Å²) >= 11 is 3.48. The monoisotopic (exact) mass is 295 g/mol. The van der Waals surface area contributed by atoms with Crippen LogP contribution < -0.4 is 10.1 Å². The van der Waals surface area contributed by atoms with E-state index in [1.807, 2.05) is 18.2 Å². The highest BCUT2D eigenvalue weighted by Gasteiger charge is 2.32. The minimum Gasteiger partial charge on any atom is -0.490 e. The van der Waals surface area contributed by atoms with Gasteiger partial charge in [0.1, 0.15) is 11.9 Å². The Morgan fingerprint density at radius 3 is 2.65 bits per heavy atom. The number of hydrogen-bond acceptors (Lipinski definition) is 2. The van der Waals surface area contributed by atoms with E-state index in [2.05, 4.69) is 27.3 Å². The van der Waals surface area contributed by atoms with E-state index in [4.69, 9.17) is 4.74 Å². The smallest absolute Gasteiger partial charge is 0.120 e. The van der Waals surface area contributed by atoms with E-state index in [9.17, 15) is 0 Å². The summed E-state index contributed by atoms with van der Waals surface area (Å²) in [4.78, 5) is 0. The molecule has 1 unspecified atom stereocenters. The summed E-state index contributed by atoms with van der Waals surface area (Å²) in [6.07, 6.45) is 6.71. The zero-order valence-corrected chi connectivity index (χ0v) is 11.4. The molecule has 0 saturated carbocycles. The molecule has 0 spiro atoms. The van der Waals surface area contributed by atoms with Gasteiger partial charge in [-0.3, -0.25) is 0 Å². The lowest BCUT2D eigenvalue weighted by atomic mass is 9.85. The van der Waals surface area contributed by atoms with E-state index in [-0.39, 0.29) is 0 Å². The molecule has 2 heterocycles. The molecule has 2 bridgehead atoms. The average Bonchev–Trinajstić information content (AvgIpc) is 2.28. The quantitative estimate of drug-likeness (QED) is 0.902. The van der Waals surface area contributed by atoms with Crippen molar-refractivity contribution in [2.24, 2.45) is 0 Å². The summed E-state index contributed by atoms with van der Waals surface area (Å²) in [6, 6.07) is 9.52. The number of piperidine rings is 2. The highest BCUT2D eigenvalue weighted by molar-refractivity contribution is 9.10. The minimum atomic E-state index is 0.390. The molecular weight excluding hydrogens is 278 g/mol. The molecule has 17 heavy (non-hydrogen) atoms. The fourth-order valence-electron chi connectivity index (χ4n) is 3.04. The van der Waals surface area contributed by atoms with Crippen molar-refractivity contribution in [2.45, 2.75) is 50.3 Å². The van der Waals surface area contributed by atoms with Gasteiger partial charge in [-0.1, -0.05) is 28.4 Å². The normalized spacial score (nSPS) is 32.2. The third-order valence-corrected chi connectivity index (χ3v) is 4.26. The fraction of sp³-hybridized carbons (Fsp3) is 0.571. The molecule has 3 rings (SSSR count). The summed E-state index contributed by atoms with van der Waals surface area (Å²) in [5.41, 5.74) is 0. The number of nitrogens with one attached hydrogen (secondary N) is 1. The maximum absolute atomic E-state index is 6.10. The van der Waals surface area contributed by atoms with Gasteiger partial charge in [0, 0.05) is 16.6 Å². The number of hydrogen-bond donors (Lipinski definition) is 1. The van der Waals surface area contributed by atoms with Crippen LogP contribution in [0.1, 0.15) is 32.1 Å². The van der Waals surface area contributed by atoms with Crippen LogP contribution in [0, 0.1) is 0 Å². The minimum absolute atomic E-state index is 0.390. The molecule has 2 saturated heterocycles. The largest absolute Gasteiger partial charge is 0.490 e. The van der Waals surface area contributed by atoms with Crippen LogP contribution in [-0.2, 0) is 0 Å². The molecule has 0 amide bonds. The first-order chi connectivity index (χ1) is 8.29. The van der Waals surface area contributed by atoms with Crippen molar-refractivity contribution in [3.05, 3.63) is 28.7 Å². The molecule has 2 aliphatic rings. The van der Waals surface area contributed by atoms with Gasteiger partial charge in [0.05, 0.1) is 0 Å². The Kier molecular flexibility index (Phi) is 3.39. The van der Waals surface area contributed by atoms with Crippen LogP contribution in [-0.4, -0.2) is 18.2 Å². The number of benzene rings is 1. The molecule has 1 aromatic rings. The van der Waals surface area contributed by atoms with Crippen molar-refractivity contribution >= 4 is 15.9 Å². The summed E-state index contributed by atoms with van der Waals surface area (Å²) < 4.78 is 7.19. The molecule has 0 radical (unpaired) electrons. The first-order valence-corrected chi connectivity index (χ1v) is 7.27. The second kappa shape index (κ2) is 4.99. The molecule has 1 N–H and O–H groups in total. The Morgan fingerprint density at radius 1 is 1.18 bits per heavy atom. The predicted octanol–water partition coefficient (Wildman–Crippen LogP) is 3.50. The lowest BCUT2D eigenvalue weighted by molar-refractivity contribution is 0.0927. The van der Waals surface area contributed by atoms with Gasteiger partial charge in [-0.15, -0.1) is 0 Å². The standard InChI is InChI=1S/C14H18BrNO/c15-10-3-1-6-13(7-10)17-14-8-11-4-2-5-12(9-14)16-11/h1,3,6-7,11-12,14,16H,2,4-5,8-9H2/t11-,12+,14?. The molecule has 3 heteroatoms. The Hall–Kier alpha value is -0.540. The first-order valence-electron chi connectivity index (χ1n) is 6.48. The van der Waals surface area contributed by atoms with Crippen LogP contribution in [0.5, 0.6) is 5.75 Å². The van der Waals surface area contributed by atoms with Crippen molar-refractivity contribution in [1.29, 1.82) is 0 Å². The highest BCUT2D eigenvalue weighted by Crippen LogP contribution is 2.29. The maximum atomic E-state index is 6.10. The summed E-state index contributed by atoms with van der Waals surface area (Å²) in [7, 11) is 0. The van der Waals surface area contributed by atoms with Gasteiger partial charge in [-0.25, -0.2) is 0 Å². The molecule has 3 atom stereocenters. The van der Waals surface area contributed by atoms with Gasteiger partial charge < -0.3 is 10.1 Å². The molecule has 0 aliphatic carbocycles. The summed E-state index contributed by atoms with van der Waals surface area (Å²) in [5, 5.41) is 3.69. The van der Waals surface area contributed by atoms with Gasteiger partial charge in [-0.05, 0) is 43.9 Å². The van der Waals surface area contributed by atoms with E-state index in [1.165, 1.54) is 19.3 Å². The Morgan fingerprint density at radius 2 is 1.94 bits per heavy atom. The zero-order valence-electron chi connectivity index (χ0n) is 9.86. The third-order valence-electron chi connectivity index (χ3n) is 3.77. The van der Waals surface area contributed by atoms with Gasteiger partial charge in [0.2, 0.25) is 0 Å². The summed E-state index contributed by atoms with van der Waals surface area (Å²) in [6.45, 7) is 0. The highest BCUT2D eigenvalue weighted by atomic mass is 79.9. The number of halogens is 1. The van der Waals surface area contributed by atoms with Crippen LogP contribution in [0.3, 0.4) is 0 Å². The van der Waals surface area contributed by atoms with E-state index in [0.29, 0.717) is 18.2 Å². The number of ether oxygens (including phenoxy) is 1. The van der Waals surface area contributed by atoms with E-state index in [1.54, 1.807) is 0 Å². The van der Waals surface area contributed by atoms with E-state index in [0.717, 1.165) is 23.1 Å². The van der Waals surface area contributed by atoms with Gasteiger partial charge >= 0.3 is 0 Å².